The van der Waals surface area contributed by atoms with E-state index in [9.17, 15) is 9.59 Å². The number of nitrogens with zero attached hydrogens (tertiary/aromatic N) is 1. The monoisotopic (exact) mass is 361 g/mol. The maximum Gasteiger partial charge on any atom is 0.253 e. The van der Waals surface area contributed by atoms with Crippen LogP contribution in [0, 0.1) is 11.8 Å². The van der Waals surface area contributed by atoms with Crippen LogP contribution in [0.25, 0.3) is 0 Å². The molecule has 2 rings (SSSR count). The highest BCUT2D eigenvalue weighted by atomic mass is 16.5. The lowest BCUT2D eigenvalue weighted by atomic mass is 9.85. The summed E-state index contributed by atoms with van der Waals surface area (Å²) >= 11 is 0. The number of nitrogens with one attached hydrogen (secondary N) is 2. The molecule has 0 radical (unpaired) electrons. The highest BCUT2D eigenvalue weighted by Gasteiger charge is 2.22. The summed E-state index contributed by atoms with van der Waals surface area (Å²) in [5.74, 6) is 1.28. The van der Waals surface area contributed by atoms with Gasteiger partial charge in [0.2, 0.25) is 5.91 Å². The van der Waals surface area contributed by atoms with Crippen LogP contribution >= 0.6 is 0 Å². The third-order valence-electron chi connectivity index (χ3n) is 4.85. The van der Waals surface area contributed by atoms with Crippen molar-refractivity contribution < 1.29 is 14.3 Å². The predicted octanol–water partition coefficient (Wildman–Crippen LogP) is 2.75. The Kier molecular flexibility index (Phi) is 7.45. The second-order valence-electron chi connectivity index (χ2n) is 7.18. The molecule has 2 atom stereocenters. The van der Waals surface area contributed by atoms with Crippen LogP contribution in [0.2, 0.25) is 0 Å². The van der Waals surface area contributed by atoms with Crippen molar-refractivity contribution in [3.8, 4) is 5.75 Å². The molecule has 0 aliphatic carbocycles. The maximum atomic E-state index is 12.6. The SMILES string of the molecule is CCOc1ccc(C(=O)N(C)C)cc1NC(=O)CC(C)C1CCCNC1. The van der Waals surface area contributed by atoms with Gasteiger partial charge in [-0.25, -0.2) is 0 Å². The van der Waals surface area contributed by atoms with E-state index in [4.69, 9.17) is 4.74 Å². The zero-order chi connectivity index (χ0) is 19.1. The number of hydrogen-bond donors (Lipinski definition) is 2. The van der Waals surface area contributed by atoms with Gasteiger partial charge in [0.1, 0.15) is 5.75 Å². The Morgan fingerprint density at radius 1 is 1.38 bits per heavy atom. The minimum atomic E-state index is -0.106. The van der Waals surface area contributed by atoms with E-state index in [1.807, 2.05) is 6.92 Å². The Bertz CT molecular complexity index is 625. The van der Waals surface area contributed by atoms with Gasteiger partial charge in [-0.05, 0) is 62.9 Å². The number of rotatable bonds is 7. The molecule has 0 spiro atoms. The molecule has 1 aromatic carbocycles. The zero-order valence-corrected chi connectivity index (χ0v) is 16.3. The summed E-state index contributed by atoms with van der Waals surface area (Å²) in [7, 11) is 3.41. The maximum absolute atomic E-state index is 12.6. The first-order chi connectivity index (χ1) is 12.4. The van der Waals surface area contributed by atoms with Crippen molar-refractivity contribution in [2.75, 3.05) is 39.1 Å². The van der Waals surface area contributed by atoms with E-state index in [2.05, 4.69) is 17.6 Å². The summed E-state index contributed by atoms with van der Waals surface area (Å²) < 4.78 is 5.60. The van der Waals surface area contributed by atoms with E-state index in [1.54, 1.807) is 32.3 Å². The fraction of sp³-hybridized carbons (Fsp3) is 0.600. The van der Waals surface area contributed by atoms with Gasteiger partial charge in [-0.1, -0.05) is 6.92 Å². The molecule has 0 saturated carbocycles. The van der Waals surface area contributed by atoms with Crippen LogP contribution in [-0.4, -0.2) is 50.5 Å². The predicted molar refractivity (Wildman–Crippen MR) is 104 cm³/mol. The number of carbonyl (C=O) groups is 2. The summed E-state index contributed by atoms with van der Waals surface area (Å²) in [5.41, 5.74) is 1.08. The van der Waals surface area contributed by atoms with Crippen LogP contribution in [-0.2, 0) is 4.79 Å². The van der Waals surface area contributed by atoms with Gasteiger partial charge in [-0.2, -0.15) is 0 Å². The molecule has 2 amide bonds. The number of anilines is 1. The fourth-order valence-electron chi connectivity index (χ4n) is 3.33. The van der Waals surface area contributed by atoms with Crippen molar-refractivity contribution in [3.63, 3.8) is 0 Å². The molecule has 1 aromatic rings. The zero-order valence-electron chi connectivity index (χ0n) is 16.3. The van der Waals surface area contributed by atoms with Crippen molar-refractivity contribution in [2.24, 2.45) is 11.8 Å². The van der Waals surface area contributed by atoms with Crippen molar-refractivity contribution in [3.05, 3.63) is 23.8 Å². The number of ether oxygens (including phenoxy) is 1. The summed E-state index contributed by atoms with van der Waals surface area (Å²) in [6, 6.07) is 5.15. The van der Waals surface area contributed by atoms with E-state index < -0.39 is 0 Å². The molecule has 0 bridgehead atoms. The molecule has 1 fully saturated rings. The topological polar surface area (TPSA) is 70.7 Å². The number of carbonyl (C=O) groups excluding carboxylic acids is 2. The molecule has 1 saturated heterocycles. The number of piperidine rings is 1. The van der Waals surface area contributed by atoms with E-state index in [1.165, 1.54) is 17.7 Å². The van der Waals surface area contributed by atoms with E-state index in [0.29, 0.717) is 41.9 Å². The molecule has 1 aliphatic heterocycles. The number of amides is 2. The van der Waals surface area contributed by atoms with Gasteiger partial charge in [0, 0.05) is 26.1 Å². The third-order valence-corrected chi connectivity index (χ3v) is 4.85. The van der Waals surface area contributed by atoms with Crippen LogP contribution < -0.4 is 15.4 Å². The first-order valence-corrected chi connectivity index (χ1v) is 9.41. The lowest BCUT2D eigenvalue weighted by molar-refractivity contribution is -0.117. The second kappa shape index (κ2) is 9.57. The first kappa shape index (κ1) is 20.2. The van der Waals surface area contributed by atoms with Gasteiger partial charge < -0.3 is 20.3 Å². The standard InChI is InChI=1S/C20H31N3O3/c1-5-26-18-9-8-15(20(25)23(3)4)12-17(18)22-19(24)11-14(2)16-7-6-10-21-13-16/h8-9,12,14,16,21H,5-7,10-11,13H2,1-4H3,(H,22,24). The second-order valence-corrected chi connectivity index (χ2v) is 7.18. The largest absolute Gasteiger partial charge is 0.492 e. The fourth-order valence-corrected chi connectivity index (χ4v) is 3.33. The minimum absolute atomic E-state index is 0.0431. The van der Waals surface area contributed by atoms with Crippen LogP contribution in [0.1, 0.15) is 43.5 Å². The Morgan fingerprint density at radius 3 is 2.77 bits per heavy atom. The molecule has 6 heteroatoms. The van der Waals surface area contributed by atoms with Crippen LogP contribution in [0.3, 0.4) is 0 Å². The Morgan fingerprint density at radius 2 is 2.15 bits per heavy atom. The van der Waals surface area contributed by atoms with E-state index in [0.717, 1.165) is 13.1 Å². The molecule has 1 aliphatic rings. The summed E-state index contributed by atoms with van der Waals surface area (Å²) in [4.78, 5) is 26.3. The molecule has 2 N–H and O–H groups in total. The molecular weight excluding hydrogens is 330 g/mol. The van der Waals surface area contributed by atoms with E-state index >= 15 is 0 Å². The first-order valence-electron chi connectivity index (χ1n) is 9.41. The molecular formula is C20H31N3O3. The van der Waals surface area contributed by atoms with Crippen molar-refractivity contribution in [1.29, 1.82) is 0 Å². The normalized spacial score (nSPS) is 18.1. The minimum Gasteiger partial charge on any atom is -0.492 e. The molecule has 6 nitrogen and oxygen atoms in total. The quantitative estimate of drug-likeness (QED) is 0.783. The van der Waals surface area contributed by atoms with Crippen LogP contribution in [0.4, 0.5) is 5.69 Å². The summed E-state index contributed by atoms with van der Waals surface area (Å²) in [6.45, 7) is 6.56. The van der Waals surface area contributed by atoms with Gasteiger partial charge >= 0.3 is 0 Å². The smallest absolute Gasteiger partial charge is 0.253 e. The highest BCUT2D eigenvalue weighted by molar-refractivity contribution is 5.98. The molecule has 2 unspecified atom stereocenters. The van der Waals surface area contributed by atoms with Crippen LogP contribution in [0.15, 0.2) is 18.2 Å². The average Bonchev–Trinajstić information content (AvgIpc) is 2.63. The lowest BCUT2D eigenvalue weighted by Crippen LogP contribution is -2.34. The highest BCUT2D eigenvalue weighted by Crippen LogP contribution is 2.28. The van der Waals surface area contributed by atoms with Crippen molar-refractivity contribution in [2.45, 2.75) is 33.1 Å². The molecule has 0 aromatic heterocycles. The molecule has 144 valence electrons. The molecule has 26 heavy (non-hydrogen) atoms. The molecule has 1 heterocycles. The van der Waals surface area contributed by atoms with Crippen molar-refractivity contribution >= 4 is 17.5 Å². The Labute approximate surface area is 156 Å². The number of benzene rings is 1. The summed E-state index contributed by atoms with van der Waals surface area (Å²) in [6.07, 6.45) is 2.79. The van der Waals surface area contributed by atoms with Gasteiger partial charge in [0.25, 0.3) is 5.91 Å². The van der Waals surface area contributed by atoms with Crippen LogP contribution in [0.5, 0.6) is 5.75 Å². The third kappa shape index (κ3) is 5.46. The van der Waals surface area contributed by atoms with Crippen molar-refractivity contribution in [1.82, 2.24) is 10.2 Å². The van der Waals surface area contributed by atoms with Gasteiger partial charge in [0.15, 0.2) is 0 Å². The van der Waals surface area contributed by atoms with Gasteiger partial charge in [0.05, 0.1) is 12.3 Å². The Hall–Kier alpha value is -2.08. The van der Waals surface area contributed by atoms with Gasteiger partial charge in [-0.15, -0.1) is 0 Å². The van der Waals surface area contributed by atoms with Gasteiger partial charge in [-0.3, -0.25) is 9.59 Å². The summed E-state index contributed by atoms with van der Waals surface area (Å²) in [5, 5.41) is 6.35. The lowest BCUT2D eigenvalue weighted by Gasteiger charge is -2.28. The Balaban J connectivity index is 2.08. The number of hydrogen-bond acceptors (Lipinski definition) is 4. The average molecular weight is 361 g/mol. The van der Waals surface area contributed by atoms with E-state index in [-0.39, 0.29) is 11.8 Å².